The average molecular weight is 206 g/mol. The highest BCUT2D eigenvalue weighted by Crippen LogP contribution is 2.13. The van der Waals surface area contributed by atoms with E-state index in [1.165, 1.54) is 26.8 Å². The van der Waals surface area contributed by atoms with Gasteiger partial charge in [-0.25, -0.2) is 0 Å². The minimum Gasteiger partial charge on any atom is -0.0807 e. The number of fused-ring (bicyclic) bond motifs is 2. The van der Waals surface area contributed by atoms with Gasteiger partial charge in [-0.3, -0.25) is 0 Å². The van der Waals surface area contributed by atoms with Crippen molar-refractivity contribution in [1.82, 2.24) is 0 Å². The zero-order valence-corrected chi connectivity index (χ0v) is 9.40. The van der Waals surface area contributed by atoms with Crippen molar-refractivity contribution in [2.45, 2.75) is 13.3 Å². The molecule has 0 aromatic heterocycles. The lowest BCUT2D eigenvalue weighted by Gasteiger charge is -2.03. The normalized spacial score (nSPS) is 13.8. The first-order valence-corrected chi connectivity index (χ1v) is 5.72. The molecule has 0 nitrogen and oxygen atoms in total. The molecule has 1 aliphatic rings. The molecule has 2 aromatic rings. The van der Waals surface area contributed by atoms with Gasteiger partial charge >= 0.3 is 0 Å². The zero-order valence-electron chi connectivity index (χ0n) is 9.40. The van der Waals surface area contributed by atoms with Gasteiger partial charge in [0, 0.05) is 0 Å². The highest BCUT2D eigenvalue weighted by Gasteiger charge is 2.00. The molecule has 0 spiro atoms. The lowest BCUT2D eigenvalue weighted by atomic mass is 10.0. The van der Waals surface area contributed by atoms with Crippen LogP contribution < -0.4 is 10.4 Å². The molecule has 0 amide bonds. The van der Waals surface area contributed by atoms with Crippen LogP contribution >= 0.6 is 0 Å². The Bertz CT molecular complexity index is 688. The van der Waals surface area contributed by atoms with Crippen molar-refractivity contribution in [1.29, 1.82) is 0 Å². The van der Waals surface area contributed by atoms with Gasteiger partial charge in [0.25, 0.3) is 0 Å². The van der Waals surface area contributed by atoms with E-state index in [9.17, 15) is 0 Å². The fourth-order valence-corrected chi connectivity index (χ4v) is 2.40. The van der Waals surface area contributed by atoms with Gasteiger partial charge in [0.1, 0.15) is 0 Å². The molecule has 1 aliphatic carbocycles. The van der Waals surface area contributed by atoms with Crippen LogP contribution in [0.5, 0.6) is 0 Å². The van der Waals surface area contributed by atoms with Gasteiger partial charge in [0.15, 0.2) is 0 Å². The Hall–Kier alpha value is -1.82. The number of hydrogen-bond acceptors (Lipinski definition) is 0. The summed E-state index contributed by atoms with van der Waals surface area (Å²) < 4.78 is 0. The van der Waals surface area contributed by atoms with E-state index < -0.39 is 0 Å². The Morgan fingerprint density at radius 3 is 2.94 bits per heavy atom. The van der Waals surface area contributed by atoms with Crippen LogP contribution in [0.15, 0.2) is 42.5 Å². The third kappa shape index (κ3) is 1.38. The van der Waals surface area contributed by atoms with Crippen molar-refractivity contribution in [3.05, 3.63) is 58.5 Å². The SMILES string of the molecule is Cc1c2c(cc3ccccc13)=CCC=CC=2. The Kier molecular flexibility index (Phi) is 2.14. The van der Waals surface area contributed by atoms with Crippen molar-refractivity contribution < 1.29 is 0 Å². The topological polar surface area (TPSA) is 0 Å². The van der Waals surface area contributed by atoms with Crippen molar-refractivity contribution in [3.8, 4) is 0 Å². The minimum absolute atomic E-state index is 1.03. The molecule has 0 fully saturated rings. The van der Waals surface area contributed by atoms with Crippen LogP contribution in [0.25, 0.3) is 22.9 Å². The number of aryl methyl sites for hydroxylation is 1. The van der Waals surface area contributed by atoms with Crippen LogP contribution in [0.4, 0.5) is 0 Å². The second-order valence-corrected chi connectivity index (χ2v) is 4.26. The molecule has 78 valence electrons. The van der Waals surface area contributed by atoms with Gasteiger partial charge in [-0.1, -0.05) is 48.6 Å². The van der Waals surface area contributed by atoms with E-state index in [0.717, 1.165) is 6.42 Å². The summed E-state index contributed by atoms with van der Waals surface area (Å²) in [6, 6.07) is 10.9. The van der Waals surface area contributed by atoms with E-state index in [2.05, 4.69) is 61.6 Å². The van der Waals surface area contributed by atoms with Crippen LogP contribution in [0, 0.1) is 6.92 Å². The van der Waals surface area contributed by atoms with Gasteiger partial charge in [-0.2, -0.15) is 0 Å². The highest BCUT2D eigenvalue weighted by atomic mass is 14.0. The fourth-order valence-electron chi connectivity index (χ4n) is 2.40. The van der Waals surface area contributed by atoms with Crippen molar-refractivity contribution in [3.63, 3.8) is 0 Å². The Balaban J connectivity index is 2.57. The van der Waals surface area contributed by atoms with Gasteiger partial charge in [-0.05, 0) is 46.2 Å². The van der Waals surface area contributed by atoms with E-state index in [1.54, 1.807) is 0 Å². The van der Waals surface area contributed by atoms with Gasteiger partial charge in [0.2, 0.25) is 0 Å². The first kappa shape index (κ1) is 9.41. The van der Waals surface area contributed by atoms with Crippen molar-refractivity contribution in [2.75, 3.05) is 0 Å². The maximum atomic E-state index is 2.30. The molecule has 2 aromatic carbocycles. The van der Waals surface area contributed by atoms with Crippen LogP contribution in [-0.4, -0.2) is 0 Å². The second-order valence-electron chi connectivity index (χ2n) is 4.26. The van der Waals surface area contributed by atoms with Gasteiger partial charge < -0.3 is 0 Å². The summed E-state index contributed by atoms with van der Waals surface area (Å²) in [6.07, 6.45) is 9.91. The van der Waals surface area contributed by atoms with Crippen LogP contribution in [0.2, 0.25) is 0 Å². The summed E-state index contributed by atoms with van der Waals surface area (Å²) in [5, 5.41) is 5.43. The van der Waals surface area contributed by atoms with Crippen LogP contribution in [-0.2, 0) is 0 Å². The summed E-state index contributed by atoms with van der Waals surface area (Å²) >= 11 is 0. The predicted molar refractivity (Wildman–Crippen MR) is 70.6 cm³/mol. The van der Waals surface area contributed by atoms with E-state index in [0.29, 0.717) is 0 Å². The zero-order chi connectivity index (χ0) is 11.0. The highest BCUT2D eigenvalue weighted by molar-refractivity contribution is 5.86. The van der Waals surface area contributed by atoms with E-state index in [1.807, 2.05) is 0 Å². The summed E-state index contributed by atoms with van der Waals surface area (Å²) in [4.78, 5) is 0. The van der Waals surface area contributed by atoms with Crippen LogP contribution in [0.3, 0.4) is 0 Å². The van der Waals surface area contributed by atoms with Gasteiger partial charge in [0.05, 0.1) is 0 Å². The first-order chi connectivity index (χ1) is 7.86. The van der Waals surface area contributed by atoms with Crippen molar-refractivity contribution in [2.24, 2.45) is 0 Å². The molecule has 0 heterocycles. The quantitative estimate of drug-likeness (QED) is 0.621. The molecule has 3 rings (SSSR count). The molecule has 0 bridgehead atoms. The molecule has 16 heavy (non-hydrogen) atoms. The summed E-state index contributed by atoms with van der Waals surface area (Å²) in [5.41, 5.74) is 1.39. The Morgan fingerprint density at radius 1 is 1.12 bits per heavy atom. The molecule has 0 radical (unpaired) electrons. The standard InChI is InChI=1S/C16H14/c1-12-15-9-4-2-3-7-13(15)11-14-8-5-6-10-16(12)14/h2,4-11H,3H2,1H3. The average Bonchev–Trinajstić information content (AvgIpc) is 2.55. The molecule has 0 N–H and O–H groups in total. The molecular formula is C16H14. The van der Waals surface area contributed by atoms with E-state index in [-0.39, 0.29) is 0 Å². The molecular weight excluding hydrogens is 192 g/mol. The number of hydrogen-bond donors (Lipinski definition) is 0. The largest absolute Gasteiger partial charge is 0.0807 e. The maximum absolute atomic E-state index is 2.30. The lowest BCUT2D eigenvalue weighted by Crippen LogP contribution is -2.26. The second kappa shape index (κ2) is 3.64. The first-order valence-electron chi connectivity index (χ1n) is 5.72. The summed E-state index contributed by atoms with van der Waals surface area (Å²) in [6.45, 7) is 2.21. The Morgan fingerprint density at radius 2 is 2.00 bits per heavy atom. The third-order valence-electron chi connectivity index (χ3n) is 3.26. The Labute approximate surface area is 95.2 Å². The molecule has 0 unspecified atom stereocenters. The maximum Gasteiger partial charge on any atom is -0.0148 e. The molecule has 0 atom stereocenters. The number of benzene rings is 2. The summed E-state index contributed by atoms with van der Waals surface area (Å²) in [5.74, 6) is 0. The third-order valence-corrected chi connectivity index (χ3v) is 3.26. The number of allylic oxidation sites excluding steroid dienone is 2. The number of rotatable bonds is 0. The molecule has 0 saturated carbocycles. The monoisotopic (exact) mass is 206 g/mol. The van der Waals surface area contributed by atoms with Crippen molar-refractivity contribution >= 4 is 22.9 Å². The van der Waals surface area contributed by atoms with Crippen LogP contribution in [0.1, 0.15) is 12.0 Å². The smallest absolute Gasteiger partial charge is 0.0148 e. The van der Waals surface area contributed by atoms with Gasteiger partial charge in [-0.15, -0.1) is 0 Å². The predicted octanol–water partition coefficient (Wildman–Crippen LogP) is 2.67. The van der Waals surface area contributed by atoms with E-state index >= 15 is 0 Å². The molecule has 0 heteroatoms. The lowest BCUT2D eigenvalue weighted by molar-refractivity contribution is 1.40. The summed E-state index contributed by atoms with van der Waals surface area (Å²) in [7, 11) is 0. The molecule has 0 saturated heterocycles. The fraction of sp³-hybridized carbons (Fsp3) is 0.125. The molecule has 0 aliphatic heterocycles. The van der Waals surface area contributed by atoms with E-state index in [4.69, 9.17) is 0 Å². The minimum atomic E-state index is 1.03.